The maximum absolute atomic E-state index is 12.8. The number of nitrogens with one attached hydrogen (secondary N) is 1. The van der Waals surface area contributed by atoms with Crippen molar-refractivity contribution in [2.45, 2.75) is 45.0 Å². The highest BCUT2D eigenvalue weighted by molar-refractivity contribution is 7.88. The first-order chi connectivity index (χ1) is 13.8. The van der Waals surface area contributed by atoms with E-state index in [1.165, 1.54) is 15.4 Å². The van der Waals surface area contributed by atoms with Crippen LogP contribution in [-0.4, -0.2) is 39.0 Å². The van der Waals surface area contributed by atoms with Crippen molar-refractivity contribution in [3.63, 3.8) is 0 Å². The van der Waals surface area contributed by atoms with E-state index in [0.29, 0.717) is 32.8 Å². The lowest BCUT2D eigenvalue weighted by atomic mass is 9.87. The number of morpholine rings is 1. The Balaban J connectivity index is 1.60. The lowest BCUT2D eigenvalue weighted by Crippen LogP contribution is -2.41. The van der Waals surface area contributed by atoms with Crippen LogP contribution in [0.3, 0.4) is 0 Å². The second-order valence-electron chi connectivity index (χ2n) is 8.59. The number of benzene rings is 2. The van der Waals surface area contributed by atoms with E-state index in [9.17, 15) is 8.42 Å². The number of sulfonamides is 1. The van der Waals surface area contributed by atoms with Gasteiger partial charge in [-0.2, -0.15) is 4.31 Å². The Morgan fingerprint density at radius 3 is 2.17 bits per heavy atom. The van der Waals surface area contributed by atoms with E-state index in [1.807, 2.05) is 24.3 Å². The Labute approximate surface area is 175 Å². The van der Waals surface area contributed by atoms with E-state index < -0.39 is 10.0 Å². The molecule has 1 aliphatic heterocycles. The molecule has 1 saturated heterocycles. The molecule has 0 bridgehead atoms. The second-order valence-corrected chi connectivity index (χ2v) is 10.6. The molecule has 0 amide bonds. The zero-order valence-electron chi connectivity index (χ0n) is 17.6. The smallest absolute Gasteiger partial charge is 0.218 e. The molecule has 0 radical (unpaired) electrons. The van der Waals surface area contributed by atoms with E-state index in [1.54, 1.807) is 0 Å². The van der Waals surface area contributed by atoms with Crippen LogP contribution in [0, 0.1) is 0 Å². The molecule has 0 spiro atoms. The van der Waals surface area contributed by atoms with Gasteiger partial charge in [0.05, 0.1) is 19.0 Å². The van der Waals surface area contributed by atoms with Crippen LogP contribution < -0.4 is 5.32 Å². The molecular formula is C23H32N2O3S. The third-order valence-corrected chi connectivity index (χ3v) is 7.11. The molecule has 0 atom stereocenters. The van der Waals surface area contributed by atoms with Gasteiger partial charge in [0, 0.05) is 26.2 Å². The van der Waals surface area contributed by atoms with Gasteiger partial charge >= 0.3 is 0 Å². The summed E-state index contributed by atoms with van der Waals surface area (Å²) >= 11 is 0. The van der Waals surface area contributed by atoms with Crippen molar-refractivity contribution in [1.29, 1.82) is 0 Å². The summed E-state index contributed by atoms with van der Waals surface area (Å²) in [4.78, 5) is 0. The lowest BCUT2D eigenvalue weighted by molar-refractivity contribution is 0.0729. The molecule has 3 rings (SSSR count). The highest BCUT2D eigenvalue weighted by Gasteiger charge is 2.25. The van der Waals surface area contributed by atoms with Crippen LogP contribution in [0.25, 0.3) is 0 Å². The van der Waals surface area contributed by atoms with Crippen LogP contribution in [-0.2, 0) is 39.0 Å². The molecule has 0 aliphatic carbocycles. The summed E-state index contributed by atoms with van der Waals surface area (Å²) in [5, 5.41) is 3.45. The number of rotatable bonds is 7. The van der Waals surface area contributed by atoms with Gasteiger partial charge in [0.15, 0.2) is 0 Å². The summed E-state index contributed by atoms with van der Waals surface area (Å²) in [6, 6.07) is 16.4. The van der Waals surface area contributed by atoms with Gasteiger partial charge in [0.1, 0.15) is 0 Å². The molecule has 1 N–H and O–H groups in total. The van der Waals surface area contributed by atoms with Gasteiger partial charge in [0.2, 0.25) is 10.0 Å². The van der Waals surface area contributed by atoms with Gasteiger partial charge in [-0.3, -0.25) is 0 Å². The Bertz CT molecular complexity index is 896. The molecule has 2 aromatic rings. The molecule has 29 heavy (non-hydrogen) atoms. The average Bonchev–Trinajstić information content (AvgIpc) is 2.69. The van der Waals surface area contributed by atoms with E-state index in [4.69, 9.17) is 4.74 Å². The normalized spacial score (nSPS) is 16.1. The third kappa shape index (κ3) is 6.12. The second kappa shape index (κ2) is 9.39. The Morgan fingerprint density at radius 2 is 1.55 bits per heavy atom. The van der Waals surface area contributed by atoms with Crippen molar-refractivity contribution < 1.29 is 13.2 Å². The van der Waals surface area contributed by atoms with Crippen LogP contribution in [0.2, 0.25) is 0 Å². The number of ether oxygens (including phenoxy) is 1. The monoisotopic (exact) mass is 416 g/mol. The van der Waals surface area contributed by atoms with Gasteiger partial charge in [0.25, 0.3) is 0 Å². The Morgan fingerprint density at radius 1 is 0.931 bits per heavy atom. The summed E-state index contributed by atoms with van der Waals surface area (Å²) in [6.07, 6.45) is 0. The first-order valence-corrected chi connectivity index (χ1v) is 11.8. The summed E-state index contributed by atoms with van der Waals surface area (Å²) in [5.41, 5.74) is 4.57. The molecule has 0 aromatic heterocycles. The summed E-state index contributed by atoms with van der Waals surface area (Å²) in [6.45, 7) is 9.82. The average molecular weight is 417 g/mol. The van der Waals surface area contributed by atoms with Crippen LogP contribution in [0.1, 0.15) is 43.0 Å². The van der Waals surface area contributed by atoms with Gasteiger partial charge in [-0.05, 0) is 27.7 Å². The quantitative estimate of drug-likeness (QED) is 0.751. The zero-order valence-corrected chi connectivity index (χ0v) is 18.5. The summed E-state index contributed by atoms with van der Waals surface area (Å²) < 4.78 is 32.3. The molecule has 6 heteroatoms. The summed E-state index contributed by atoms with van der Waals surface area (Å²) in [5.74, 6) is 0.0329. The topological polar surface area (TPSA) is 58.6 Å². The zero-order chi connectivity index (χ0) is 20.9. The van der Waals surface area contributed by atoms with Crippen molar-refractivity contribution in [2.24, 2.45) is 0 Å². The highest BCUT2D eigenvalue weighted by atomic mass is 32.2. The molecule has 158 valence electrons. The fourth-order valence-corrected chi connectivity index (χ4v) is 5.01. The highest BCUT2D eigenvalue weighted by Crippen LogP contribution is 2.22. The van der Waals surface area contributed by atoms with Gasteiger partial charge < -0.3 is 10.1 Å². The van der Waals surface area contributed by atoms with Gasteiger partial charge in [-0.15, -0.1) is 0 Å². The predicted molar refractivity (Wildman–Crippen MR) is 117 cm³/mol. The van der Waals surface area contributed by atoms with Crippen molar-refractivity contribution in [3.05, 3.63) is 70.8 Å². The summed E-state index contributed by atoms with van der Waals surface area (Å²) in [7, 11) is -3.33. The number of hydrogen-bond acceptors (Lipinski definition) is 4. The molecule has 2 aromatic carbocycles. The van der Waals surface area contributed by atoms with Crippen LogP contribution in [0.5, 0.6) is 0 Å². The van der Waals surface area contributed by atoms with E-state index in [0.717, 1.165) is 17.7 Å². The number of hydrogen-bond donors (Lipinski definition) is 1. The van der Waals surface area contributed by atoms with E-state index in [2.05, 4.69) is 50.4 Å². The van der Waals surface area contributed by atoms with E-state index >= 15 is 0 Å². The van der Waals surface area contributed by atoms with Crippen molar-refractivity contribution >= 4 is 10.0 Å². The third-order valence-electron chi connectivity index (χ3n) is 5.28. The minimum Gasteiger partial charge on any atom is -0.379 e. The fourth-order valence-electron chi connectivity index (χ4n) is 3.45. The van der Waals surface area contributed by atoms with Crippen LogP contribution >= 0.6 is 0 Å². The van der Waals surface area contributed by atoms with Gasteiger partial charge in [-0.1, -0.05) is 69.3 Å². The predicted octanol–water partition coefficient (Wildman–Crippen LogP) is 3.44. The largest absolute Gasteiger partial charge is 0.379 e. The molecule has 1 heterocycles. The molecule has 1 fully saturated rings. The molecule has 0 saturated carbocycles. The maximum atomic E-state index is 12.8. The fraction of sp³-hybridized carbons (Fsp3) is 0.478. The Hall–Kier alpha value is -1.73. The Kier molecular flexibility index (Phi) is 7.11. The maximum Gasteiger partial charge on any atom is 0.218 e. The lowest BCUT2D eigenvalue weighted by Gasteiger charge is -2.26. The van der Waals surface area contributed by atoms with Crippen molar-refractivity contribution in [2.75, 3.05) is 26.3 Å². The van der Waals surface area contributed by atoms with Crippen molar-refractivity contribution in [3.8, 4) is 0 Å². The molecule has 5 nitrogen and oxygen atoms in total. The van der Waals surface area contributed by atoms with Gasteiger partial charge in [-0.25, -0.2) is 8.42 Å². The molecule has 1 aliphatic rings. The van der Waals surface area contributed by atoms with Crippen molar-refractivity contribution in [1.82, 2.24) is 9.62 Å². The first kappa shape index (κ1) is 22.0. The minimum atomic E-state index is -3.33. The standard InChI is InChI=1S/C23H32N2O3S/c1-23(2,3)22-10-8-19(9-11-22)16-24-17-20-6-4-5-7-21(20)18-29(26,27)25-12-14-28-15-13-25/h4-11,24H,12-18H2,1-3H3. The molecular weight excluding hydrogens is 384 g/mol. The number of nitrogens with zero attached hydrogens (tertiary/aromatic N) is 1. The van der Waals surface area contributed by atoms with Crippen LogP contribution in [0.4, 0.5) is 0 Å². The molecule has 0 unspecified atom stereocenters. The van der Waals surface area contributed by atoms with E-state index in [-0.39, 0.29) is 11.2 Å². The SMILES string of the molecule is CC(C)(C)c1ccc(CNCc2ccccc2CS(=O)(=O)N2CCOCC2)cc1. The minimum absolute atomic E-state index is 0.0329. The van der Waals surface area contributed by atoms with Crippen LogP contribution in [0.15, 0.2) is 48.5 Å². The first-order valence-electron chi connectivity index (χ1n) is 10.2.